The van der Waals surface area contributed by atoms with Gasteiger partial charge in [0.1, 0.15) is 5.75 Å². The highest BCUT2D eigenvalue weighted by Crippen LogP contribution is 2.21. The van der Waals surface area contributed by atoms with Crippen LogP contribution in [0.5, 0.6) is 5.75 Å². The Morgan fingerprint density at radius 2 is 1.45 bits per heavy atom. The molecule has 0 spiro atoms. The lowest BCUT2D eigenvalue weighted by molar-refractivity contribution is -0.115. The molecule has 3 aromatic carbocycles. The van der Waals surface area contributed by atoms with E-state index in [1.807, 2.05) is 72.8 Å². The van der Waals surface area contributed by atoms with Crippen molar-refractivity contribution >= 4 is 28.7 Å². The van der Waals surface area contributed by atoms with Gasteiger partial charge < -0.3 is 25.0 Å². The molecule has 1 saturated heterocycles. The van der Waals surface area contributed by atoms with E-state index in [0.717, 1.165) is 60.4 Å². The third-order valence-electron chi connectivity index (χ3n) is 5.22. The lowest BCUT2D eigenvalue weighted by atomic mass is 10.1. The van der Waals surface area contributed by atoms with Gasteiger partial charge in [-0.25, -0.2) is 0 Å². The second-order valence-corrected chi connectivity index (χ2v) is 7.42. The minimum atomic E-state index is -0.0324. The van der Waals surface area contributed by atoms with Gasteiger partial charge in [-0.05, 0) is 66.2 Å². The maximum absolute atomic E-state index is 12.4. The topological polar surface area (TPSA) is 62.8 Å². The van der Waals surface area contributed by atoms with Gasteiger partial charge >= 0.3 is 0 Å². The maximum atomic E-state index is 12.4. The van der Waals surface area contributed by atoms with Crippen LogP contribution < -0.4 is 20.3 Å². The van der Waals surface area contributed by atoms with Crippen molar-refractivity contribution in [1.82, 2.24) is 0 Å². The second kappa shape index (κ2) is 10.00. The number of amides is 1. The minimum Gasteiger partial charge on any atom is -0.497 e. The first kappa shape index (κ1) is 20.8. The number of ether oxygens (including phenoxy) is 2. The highest BCUT2D eigenvalue weighted by Gasteiger charge is 2.11. The van der Waals surface area contributed by atoms with Crippen LogP contribution in [0.25, 0.3) is 0 Å². The molecule has 2 N–H and O–H groups in total. The normalized spacial score (nSPS) is 13.5. The van der Waals surface area contributed by atoms with Crippen molar-refractivity contribution in [2.45, 2.75) is 6.42 Å². The number of carbonyl (C=O) groups excluding carboxylic acids is 1. The van der Waals surface area contributed by atoms with Gasteiger partial charge in [0.05, 0.1) is 26.7 Å². The average molecular weight is 418 g/mol. The Hall–Kier alpha value is -3.51. The summed E-state index contributed by atoms with van der Waals surface area (Å²) in [6, 6.07) is 23.6. The Morgan fingerprint density at radius 1 is 0.871 bits per heavy atom. The molecular formula is C25H27N3O3. The summed E-state index contributed by atoms with van der Waals surface area (Å²) in [5, 5.41) is 6.32. The van der Waals surface area contributed by atoms with E-state index in [4.69, 9.17) is 9.47 Å². The monoisotopic (exact) mass is 417 g/mol. The molecule has 6 nitrogen and oxygen atoms in total. The van der Waals surface area contributed by atoms with Crippen LogP contribution in [-0.4, -0.2) is 39.3 Å². The highest BCUT2D eigenvalue weighted by molar-refractivity contribution is 5.92. The molecule has 3 aromatic rings. The SMILES string of the molecule is COc1ccc(Nc2ccc(CC(=O)Nc3ccc(N4CCOCC4)cc3)cc2)cc1. The number of benzene rings is 3. The summed E-state index contributed by atoms with van der Waals surface area (Å²) in [6.07, 6.45) is 0.327. The molecule has 0 saturated carbocycles. The van der Waals surface area contributed by atoms with Gasteiger partial charge in [0.15, 0.2) is 0 Å². The number of rotatable bonds is 7. The predicted octanol–water partition coefficient (Wildman–Crippen LogP) is 4.46. The van der Waals surface area contributed by atoms with Crippen LogP contribution >= 0.6 is 0 Å². The van der Waals surface area contributed by atoms with E-state index in [0.29, 0.717) is 6.42 Å². The number of anilines is 4. The van der Waals surface area contributed by atoms with E-state index in [1.54, 1.807) is 7.11 Å². The summed E-state index contributed by atoms with van der Waals surface area (Å²) in [5.41, 5.74) is 4.86. The van der Waals surface area contributed by atoms with Crippen molar-refractivity contribution < 1.29 is 14.3 Å². The standard InChI is InChI=1S/C25H27N3O3/c1-30-24-12-8-21(9-13-24)26-20-4-2-19(3-5-20)18-25(29)27-22-6-10-23(11-7-22)28-14-16-31-17-15-28/h2-13,26H,14-18H2,1H3,(H,27,29). The average Bonchev–Trinajstić information content (AvgIpc) is 2.82. The van der Waals surface area contributed by atoms with Gasteiger partial charge in [-0.1, -0.05) is 12.1 Å². The predicted molar refractivity (Wildman–Crippen MR) is 125 cm³/mol. The van der Waals surface area contributed by atoms with Crippen molar-refractivity contribution in [1.29, 1.82) is 0 Å². The Morgan fingerprint density at radius 3 is 2.06 bits per heavy atom. The molecule has 0 aromatic heterocycles. The Kier molecular flexibility index (Phi) is 6.69. The van der Waals surface area contributed by atoms with Crippen LogP contribution in [0.15, 0.2) is 72.8 Å². The number of methoxy groups -OCH3 is 1. The first-order valence-electron chi connectivity index (χ1n) is 10.4. The van der Waals surface area contributed by atoms with Gasteiger partial charge in [0.25, 0.3) is 0 Å². The third kappa shape index (κ3) is 5.77. The lowest BCUT2D eigenvalue weighted by Crippen LogP contribution is -2.36. The van der Waals surface area contributed by atoms with Crippen molar-refractivity contribution in [3.05, 3.63) is 78.4 Å². The molecule has 0 radical (unpaired) electrons. The van der Waals surface area contributed by atoms with E-state index in [-0.39, 0.29) is 5.91 Å². The van der Waals surface area contributed by atoms with Gasteiger partial charge in [-0.3, -0.25) is 4.79 Å². The lowest BCUT2D eigenvalue weighted by Gasteiger charge is -2.28. The molecule has 6 heteroatoms. The fraction of sp³-hybridized carbons (Fsp3) is 0.240. The van der Waals surface area contributed by atoms with E-state index in [2.05, 4.69) is 15.5 Å². The molecule has 1 heterocycles. The molecule has 1 aliphatic rings. The number of hydrogen-bond acceptors (Lipinski definition) is 5. The summed E-state index contributed by atoms with van der Waals surface area (Å²) in [6.45, 7) is 3.31. The maximum Gasteiger partial charge on any atom is 0.228 e. The molecule has 1 fully saturated rings. The highest BCUT2D eigenvalue weighted by atomic mass is 16.5. The molecule has 0 bridgehead atoms. The zero-order valence-electron chi connectivity index (χ0n) is 17.6. The zero-order valence-corrected chi connectivity index (χ0v) is 17.6. The van der Waals surface area contributed by atoms with E-state index in [1.165, 1.54) is 0 Å². The summed E-state index contributed by atoms with van der Waals surface area (Å²) >= 11 is 0. The Labute approximate surface area is 182 Å². The van der Waals surface area contributed by atoms with Crippen molar-refractivity contribution in [2.75, 3.05) is 48.9 Å². The van der Waals surface area contributed by atoms with Crippen LogP contribution in [0, 0.1) is 0 Å². The van der Waals surface area contributed by atoms with Crippen LogP contribution in [0.3, 0.4) is 0 Å². The van der Waals surface area contributed by atoms with Crippen molar-refractivity contribution in [3.8, 4) is 5.75 Å². The van der Waals surface area contributed by atoms with Gasteiger partial charge in [-0.15, -0.1) is 0 Å². The van der Waals surface area contributed by atoms with E-state index in [9.17, 15) is 4.79 Å². The van der Waals surface area contributed by atoms with Crippen LogP contribution in [0.2, 0.25) is 0 Å². The molecule has 0 aliphatic carbocycles. The van der Waals surface area contributed by atoms with E-state index < -0.39 is 0 Å². The largest absolute Gasteiger partial charge is 0.497 e. The minimum absolute atomic E-state index is 0.0324. The fourth-order valence-corrected chi connectivity index (χ4v) is 3.51. The first-order chi connectivity index (χ1) is 15.2. The first-order valence-corrected chi connectivity index (χ1v) is 10.4. The number of morpholine rings is 1. The Bertz CT molecular complexity index is 980. The number of nitrogens with one attached hydrogen (secondary N) is 2. The molecular weight excluding hydrogens is 390 g/mol. The van der Waals surface area contributed by atoms with Crippen LogP contribution in [-0.2, 0) is 16.0 Å². The molecule has 31 heavy (non-hydrogen) atoms. The van der Waals surface area contributed by atoms with E-state index >= 15 is 0 Å². The van der Waals surface area contributed by atoms with Gasteiger partial charge in [0, 0.05) is 35.8 Å². The van der Waals surface area contributed by atoms with Gasteiger partial charge in [-0.2, -0.15) is 0 Å². The molecule has 0 atom stereocenters. The molecule has 0 unspecified atom stereocenters. The fourth-order valence-electron chi connectivity index (χ4n) is 3.51. The second-order valence-electron chi connectivity index (χ2n) is 7.42. The smallest absolute Gasteiger partial charge is 0.228 e. The van der Waals surface area contributed by atoms with Gasteiger partial charge in [0.2, 0.25) is 5.91 Å². The summed E-state index contributed by atoms with van der Waals surface area (Å²) in [7, 11) is 1.65. The number of hydrogen-bond donors (Lipinski definition) is 2. The summed E-state index contributed by atoms with van der Waals surface area (Å²) < 4.78 is 10.6. The van der Waals surface area contributed by atoms with Crippen molar-refractivity contribution in [2.24, 2.45) is 0 Å². The summed E-state index contributed by atoms with van der Waals surface area (Å²) in [4.78, 5) is 14.7. The Balaban J connectivity index is 1.29. The summed E-state index contributed by atoms with van der Waals surface area (Å²) in [5.74, 6) is 0.789. The molecule has 1 aliphatic heterocycles. The number of nitrogens with zero attached hydrogens (tertiary/aromatic N) is 1. The quantitative estimate of drug-likeness (QED) is 0.594. The molecule has 160 valence electrons. The number of carbonyl (C=O) groups is 1. The van der Waals surface area contributed by atoms with Crippen LogP contribution in [0.4, 0.5) is 22.7 Å². The third-order valence-corrected chi connectivity index (χ3v) is 5.22. The van der Waals surface area contributed by atoms with Crippen LogP contribution in [0.1, 0.15) is 5.56 Å². The zero-order chi connectivity index (χ0) is 21.5. The van der Waals surface area contributed by atoms with Crippen molar-refractivity contribution in [3.63, 3.8) is 0 Å². The molecule has 4 rings (SSSR count). The molecule has 1 amide bonds.